The fraction of sp³-hybridized carbons (Fsp3) is 0. The molecule has 0 aliphatic carbocycles. The maximum absolute atomic E-state index is 8.88. The molecule has 0 radical (unpaired) electrons. The van der Waals surface area contributed by atoms with Crippen molar-refractivity contribution in [3.63, 3.8) is 0 Å². The number of hydrogen-bond donors (Lipinski definition) is 3. The minimum atomic E-state index is -4.64. The maximum Gasteiger partial charge on any atom is 2.00 e. The minimum absolute atomic E-state index is 0. The van der Waals surface area contributed by atoms with Crippen LogP contribution in [0.25, 0.3) is 0 Å². The first kappa shape index (κ1) is 22.6. The van der Waals surface area contributed by atoms with Gasteiger partial charge in [0.2, 0.25) is 0 Å². The van der Waals surface area contributed by atoms with E-state index in [-0.39, 0.29) is 117 Å². The molecule has 0 aliphatic rings. The van der Waals surface area contributed by atoms with Crippen LogP contribution in [0.3, 0.4) is 0 Å². The molecule has 0 atom stereocenters. The van der Waals surface area contributed by atoms with Crippen LogP contribution in [0.1, 0.15) is 5.71 Å². The maximum atomic E-state index is 8.88. The number of phosphoric acid groups is 1. The second-order valence-corrected chi connectivity index (χ2v) is 1.54. The summed E-state index contributed by atoms with van der Waals surface area (Å²) in [7, 11) is -4.64. The van der Waals surface area contributed by atoms with Crippen molar-refractivity contribution >= 4 is 30.9 Å². The molecule has 0 spiro atoms. The Balaban J connectivity index is -0.00000000381. The van der Waals surface area contributed by atoms with Crippen LogP contribution in [-0.2, 0) is 4.57 Å². The Morgan fingerprint density at radius 1 is 1.25 bits per heavy atom. The van der Waals surface area contributed by atoms with Crippen LogP contribution in [0.15, 0.2) is 0 Å². The van der Waals surface area contributed by atoms with Gasteiger partial charge in [0.25, 0.3) is 0 Å². The molecule has 0 aromatic carbocycles. The third-order valence-corrected chi connectivity index (χ3v) is 0. The summed E-state index contributed by atoms with van der Waals surface area (Å²) in [6.07, 6.45) is 0. The average Bonchev–Trinajstić information content (AvgIpc) is 0.722. The molecule has 0 heterocycles. The van der Waals surface area contributed by atoms with Crippen molar-refractivity contribution in [1.82, 2.24) is 0 Å². The molecular formula is H7MgNaO4PRb. The molecule has 0 aromatic heterocycles. The predicted molar refractivity (Wildman–Crippen MR) is 24.5 cm³/mol. The zero-order chi connectivity index (χ0) is 4.50. The zero-order valence-corrected chi connectivity index (χ0v) is 14.1. The topological polar surface area (TPSA) is 77.8 Å². The molecule has 8 heavy (non-hydrogen) atoms. The molecule has 0 aromatic rings. The van der Waals surface area contributed by atoms with Gasteiger partial charge in [0.15, 0.2) is 0 Å². The summed E-state index contributed by atoms with van der Waals surface area (Å²) < 4.78 is 8.88. The van der Waals surface area contributed by atoms with Gasteiger partial charge in [-0.25, -0.2) is 4.57 Å². The van der Waals surface area contributed by atoms with E-state index >= 15 is 0 Å². The molecule has 0 rings (SSSR count). The van der Waals surface area contributed by atoms with E-state index in [9.17, 15) is 0 Å². The van der Waals surface area contributed by atoms with Gasteiger partial charge in [0.1, 0.15) is 0 Å². The number of hydrogen-bond acceptors (Lipinski definition) is 1. The second kappa shape index (κ2) is 10.7. The van der Waals surface area contributed by atoms with Gasteiger partial charge in [-0.3, -0.25) is 0 Å². The third kappa shape index (κ3) is 53.8. The van der Waals surface area contributed by atoms with Crippen LogP contribution in [-0.4, -0.2) is 37.7 Å². The van der Waals surface area contributed by atoms with Crippen molar-refractivity contribution in [3.8, 4) is 0 Å². The van der Waals surface area contributed by atoms with Crippen molar-refractivity contribution in [3.05, 3.63) is 0 Å². The Kier molecular flexibility index (Phi) is 30.2. The van der Waals surface area contributed by atoms with Gasteiger partial charge in [-0.15, -0.1) is 0 Å². The van der Waals surface area contributed by atoms with E-state index in [0.29, 0.717) is 0 Å². The van der Waals surface area contributed by atoms with E-state index in [1.807, 2.05) is 0 Å². The van der Waals surface area contributed by atoms with Crippen molar-refractivity contribution in [2.24, 2.45) is 0 Å². The standard InChI is InChI=1S/Mg.Na.H3O4P.Rb.4H/c;;1-5(2,3)4;;;;;/h;;(H3,1,2,3,4);;;;;/q+2;+1;;+1;4*-1. The molecule has 0 amide bonds. The first-order valence-electron chi connectivity index (χ1n) is 0.783. The SMILES string of the molecule is O=P(O)(O)O.[H-].[H-].[H-].[H-].[Mg+2].[Na+].[Rb+]. The van der Waals surface area contributed by atoms with Gasteiger partial charge >= 0.3 is 119 Å². The van der Waals surface area contributed by atoms with E-state index in [0.717, 1.165) is 0 Å². The van der Waals surface area contributed by atoms with Crippen molar-refractivity contribution in [2.45, 2.75) is 0 Å². The van der Waals surface area contributed by atoms with E-state index in [4.69, 9.17) is 19.2 Å². The third-order valence-electron chi connectivity index (χ3n) is 0. The van der Waals surface area contributed by atoms with Crippen LogP contribution in [0.2, 0.25) is 0 Å². The molecule has 8 heteroatoms. The largest absolute Gasteiger partial charge is 2.00 e. The van der Waals surface area contributed by atoms with Crippen LogP contribution in [0, 0.1) is 0 Å². The second-order valence-electron chi connectivity index (χ2n) is 0.513. The summed E-state index contributed by atoms with van der Waals surface area (Å²) in [5.41, 5.74) is 0. The number of rotatable bonds is 0. The molecule has 40 valence electrons. The fourth-order valence-corrected chi connectivity index (χ4v) is 0. The summed E-state index contributed by atoms with van der Waals surface area (Å²) in [5.74, 6) is 0. The van der Waals surface area contributed by atoms with E-state index in [2.05, 4.69) is 0 Å². The van der Waals surface area contributed by atoms with Gasteiger partial charge in [-0.2, -0.15) is 0 Å². The normalized spacial score (nSPS) is 7.38. The Labute approximate surface area is 140 Å². The van der Waals surface area contributed by atoms with E-state index < -0.39 is 7.82 Å². The van der Waals surface area contributed by atoms with Crippen LogP contribution in [0.5, 0.6) is 0 Å². The van der Waals surface area contributed by atoms with Crippen molar-refractivity contribution in [1.29, 1.82) is 0 Å². The van der Waals surface area contributed by atoms with Crippen LogP contribution >= 0.6 is 7.82 Å². The van der Waals surface area contributed by atoms with Gasteiger partial charge in [-0.05, 0) is 0 Å². The van der Waals surface area contributed by atoms with Gasteiger partial charge in [0, 0.05) is 0 Å². The monoisotopic (exact) mass is 234 g/mol. The van der Waals surface area contributed by atoms with Crippen LogP contribution in [0.4, 0.5) is 0 Å². The van der Waals surface area contributed by atoms with Crippen molar-refractivity contribution < 1.29 is 113 Å². The van der Waals surface area contributed by atoms with Crippen molar-refractivity contribution in [2.75, 3.05) is 0 Å². The molecule has 0 bridgehead atoms. The Morgan fingerprint density at radius 3 is 1.25 bits per heavy atom. The fourth-order valence-electron chi connectivity index (χ4n) is 0. The zero-order valence-electron chi connectivity index (χ0n) is 8.90. The molecule has 4 nitrogen and oxygen atoms in total. The van der Waals surface area contributed by atoms with Gasteiger partial charge in [0.05, 0.1) is 0 Å². The Morgan fingerprint density at radius 2 is 1.25 bits per heavy atom. The van der Waals surface area contributed by atoms with Crippen LogP contribution < -0.4 is 87.7 Å². The summed E-state index contributed by atoms with van der Waals surface area (Å²) in [4.78, 5) is 21.6. The summed E-state index contributed by atoms with van der Waals surface area (Å²) >= 11 is 0. The smallest absolute Gasteiger partial charge is 1.00 e. The quantitative estimate of drug-likeness (QED) is 0.288. The Bertz CT molecular complexity index is 73.2. The molecule has 0 fully saturated rings. The summed E-state index contributed by atoms with van der Waals surface area (Å²) in [5, 5.41) is 0. The summed E-state index contributed by atoms with van der Waals surface area (Å²) in [6.45, 7) is 0. The minimum Gasteiger partial charge on any atom is -1.00 e. The average molecular weight is 235 g/mol. The molecule has 0 unspecified atom stereocenters. The Hall–Kier alpha value is 3.68. The molecule has 0 aliphatic heterocycles. The van der Waals surface area contributed by atoms with Gasteiger partial charge in [-0.1, -0.05) is 0 Å². The van der Waals surface area contributed by atoms with E-state index in [1.54, 1.807) is 0 Å². The molecule has 0 saturated heterocycles. The van der Waals surface area contributed by atoms with Gasteiger partial charge < -0.3 is 20.4 Å². The predicted octanol–water partition coefficient (Wildman–Crippen LogP) is -6.85. The molecule has 3 N–H and O–H groups in total. The summed E-state index contributed by atoms with van der Waals surface area (Å²) in [6, 6.07) is 0. The first-order chi connectivity index (χ1) is 2.00. The first-order valence-corrected chi connectivity index (χ1v) is 2.35. The molecule has 0 saturated carbocycles. The molecular weight excluding hydrogens is 228 g/mol. The van der Waals surface area contributed by atoms with E-state index in [1.165, 1.54) is 0 Å².